The van der Waals surface area contributed by atoms with E-state index in [1.54, 1.807) is 4.90 Å². The number of carbonyl (C=O) groups excluding carboxylic acids is 2. The van der Waals surface area contributed by atoms with Crippen LogP contribution in [0, 0.1) is 5.92 Å². The highest BCUT2D eigenvalue weighted by atomic mass is 35.5. The molecule has 0 bridgehead atoms. The normalized spacial score (nSPS) is 23.5. The van der Waals surface area contributed by atoms with Gasteiger partial charge in [-0.2, -0.15) is 0 Å². The van der Waals surface area contributed by atoms with Crippen molar-refractivity contribution in [3.63, 3.8) is 0 Å². The zero-order chi connectivity index (χ0) is 30.8. The first-order valence-corrected chi connectivity index (χ1v) is 15.8. The Hall–Kier alpha value is -2.83. The summed E-state index contributed by atoms with van der Waals surface area (Å²) in [4.78, 5) is 30.4. The third kappa shape index (κ3) is 7.76. The lowest BCUT2D eigenvalue weighted by Crippen LogP contribution is -2.53. The number of ether oxygens (including phenoxy) is 1. The van der Waals surface area contributed by atoms with Gasteiger partial charge in [-0.15, -0.1) is 13.2 Å². The Kier molecular flexibility index (Phi) is 9.79. The molecule has 0 aromatic heterocycles. The van der Waals surface area contributed by atoms with Crippen LogP contribution in [0.1, 0.15) is 49.9 Å². The number of nitrogens with one attached hydrogen (secondary N) is 1. The molecule has 4 rings (SSSR count). The summed E-state index contributed by atoms with van der Waals surface area (Å²) in [5.74, 6) is -2.07. The van der Waals surface area contributed by atoms with Crippen LogP contribution in [0.5, 0.6) is 5.75 Å². The van der Waals surface area contributed by atoms with Crippen molar-refractivity contribution in [1.82, 2.24) is 15.1 Å². The molecule has 1 saturated carbocycles. The van der Waals surface area contributed by atoms with Crippen LogP contribution in [0.4, 0.5) is 13.2 Å². The number of sulfone groups is 1. The van der Waals surface area contributed by atoms with Crippen molar-refractivity contribution in [2.24, 2.45) is 5.92 Å². The van der Waals surface area contributed by atoms with Crippen LogP contribution in [0.3, 0.4) is 0 Å². The van der Waals surface area contributed by atoms with E-state index in [2.05, 4.69) is 28.8 Å². The Bertz CT molecular complexity index is 1390. The average Bonchev–Trinajstić information content (AvgIpc) is 3.26. The van der Waals surface area contributed by atoms with Gasteiger partial charge in [-0.3, -0.25) is 9.59 Å². The number of likely N-dealkylation sites (tertiary alicyclic amines) is 1. The van der Waals surface area contributed by atoms with E-state index in [0.717, 1.165) is 18.6 Å². The summed E-state index contributed by atoms with van der Waals surface area (Å²) in [5.41, 5.74) is -0.0767. The van der Waals surface area contributed by atoms with Gasteiger partial charge in [0, 0.05) is 35.3 Å². The van der Waals surface area contributed by atoms with E-state index in [9.17, 15) is 31.2 Å². The topological polar surface area (TPSA) is 96.0 Å². The fourth-order valence-electron chi connectivity index (χ4n) is 5.87. The monoisotopic (exact) mass is 629 g/mol. The largest absolute Gasteiger partial charge is 0.573 e. The molecule has 230 valence electrons. The second-order valence-corrected chi connectivity index (χ2v) is 13.7. The number of rotatable bonds is 9. The van der Waals surface area contributed by atoms with E-state index in [4.69, 9.17) is 11.6 Å². The lowest BCUT2D eigenvalue weighted by Gasteiger charge is -2.44. The zero-order valence-corrected chi connectivity index (χ0v) is 25.2. The first-order chi connectivity index (χ1) is 19.6. The molecule has 2 fully saturated rings. The third-order valence-electron chi connectivity index (χ3n) is 8.19. The van der Waals surface area contributed by atoms with Gasteiger partial charge < -0.3 is 19.9 Å². The fourth-order valence-corrected chi connectivity index (χ4v) is 7.66. The van der Waals surface area contributed by atoms with Gasteiger partial charge in [-0.1, -0.05) is 17.7 Å². The Morgan fingerprint density at radius 1 is 1.14 bits per heavy atom. The minimum atomic E-state index is -4.91. The highest BCUT2D eigenvalue weighted by Crippen LogP contribution is 2.36. The Morgan fingerprint density at radius 2 is 1.83 bits per heavy atom. The van der Waals surface area contributed by atoms with Gasteiger partial charge in [0.2, 0.25) is 5.91 Å². The summed E-state index contributed by atoms with van der Waals surface area (Å²) >= 11 is 5.96. The highest BCUT2D eigenvalue weighted by Gasteiger charge is 2.44. The summed E-state index contributed by atoms with van der Waals surface area (Å²) in [6, 6.07) is 9.84. The van der Waals surface area contributed by atoms with Gasteiger partial charge in [-0.05, 0) is 95.0 Å². The van der Waals surface area contributed by atoms with Crippen LogP contribution < -0.4 is 10.1 Å². The average molecular weight is 630 g/mol. The summed E-state index contributed by atoms with van der Waals surface area (Å²) in [5, 5.41) is 3.06. The van der Waals surface area contributed by atoms with Crippen molar-refractivity contribution in [3.05, 3.63) is 59.1 Å². The predicted molar refractivity (Wildman–Crippen MR) is 152 cm³/mol. The minimum Gasteiger partial charge on any atom is -0.406 e. The van der Waals surface area contributed by atoms with Crippen LogP contribution in [0.15, 0.2) is 53.4 Å². The molecule has 1 heterocycles. The molecule has 1 unspecified atom stereocenters. The molecule has 4 atom stereocenters. The molecule has 1 N–H and O–H groups in total. The van der Waals surface area contributed by atoms with Gasteiger partial charge in [0.05, 0.1) is 10.6 Å². The molecule has 0 spiro atoms. The molecule has 1 saturated heterocycles. The Balaban J connectivity index is 1.50. The standard InChI is InChI=1S/C29H35ClF3N3O5S/c1-18(2)35(3)22-9-12-26(20(15-22)17-42(39,40)24-10-7-21(30)8-11-24)36-14-13-25(28(36)38)34-27(37)19-5-4-6-23(16-19)41-29(31,32)33/h4-8,10-11,16,18,20,22,25-26H,9,12-15,17H2,1-3H3,(H,34,37)/t20-,22-,25+,26?/m1/s1. The summed E-state index contributed by atoms with van der Waals surface area (Å²) in [6.45, 7) is 4.48. The molecule has 2 amide bonds. The van der Waals surface area contributed by atoms with E-state index in [0.29, 0.717) is 30.8 Å². The number of nitrogens with zero attached hydrogens (tertiary/aromatic N) is 2. The lowest BCUT2D eigenvalue weighted by atomic mass is 9.81. The third-order valence-corrected chi connectivity index (χ3v) is 10.3. The number of hydrogen-bond donors (Lipinski definition) is 1. The Labute approximate surface area is 249 Å². The molecule has 13 heteroatoms. The molecule has 0 radical (unpaired) electrons. The molecule has 1 aliphatic heterocycles. The van der Waals surface area contributed by atoms with Crippen LogP contribution in [0.2, 0.25) is 5.02 Å². The zero-order valence-electron chi connectivity index (χ0n) is 23.6. The second kappa shape index (κ2) is 12.8. The van der Waals surface area contributed by atoms with Gasteiger partial charge in [0.25, 0.3) is 5.91 Å². The van der Waals surface area contributed by atoms with Crippen molar-refractivity contribution < 1.29 is 35.9 Å². The van der Waals surface area contributed by atoms with Crippen molar-refractivity contribution in [2.45, 2.75) is 75.0 Å². The number of hydrogen-bond acceptors (Lipinski definition) is 6. The molecule has 8 nitrogen and oxygen atoms in total. The van der Waals surface area contributed by atoms with Gasteiger partial charge >= 0.3 is 6.36 Å². The minimum absolute atomic E-state index is 0.0767. The van der Waals surface area contributed by atoms with Crippen molar-refractivity contribution in [3.8, 4) is 5.75 Å². The maximum atomic E-state index is 13.5. The smallest absolute Gasteiger partial charge is 0.406 e. The first kappa shape index (κ1) is 32.1. The van der Waals surface area contributed by atoms with Crippen LogP contribution in [-0.4, -0.2) is 79.9 Å². The molecule has 1 aliphatic carbocycles. The fraction of sp³-hybridized carbons (Fsp3) is 0.517. The molecule has 2 aromatic carbocycles. The number of halogens is 4. The summed E-state index contributed by atoms with van der Waals surface area (Å²) < 4.78 is 68.6. The van der Waals surface area contributed by atoms with Crippen LogP contribution in [0.25, 0.3) is 0 Å². The maximum Gasteiger partial charge on any atom is 0.573 e. The van der Waals surface area contributed by atoms with Crippen molar-refractivity contribution >= 4 is 33.3 Å². The molecule has 2 aromatic rings. The number of benzene rings is 2. The number of amides is 2. The quantitative estimate of drug-likeness (QED) is 0.423. The number of carbonyl (C=O) groups is 2. The van der Waals surface area contributed by atoms with Gasteiger partial charge in [-0.25, -0.2) is 8.42 Å². The highest BCUT2D eigenvalue weighted by molar-refractivity contribution is 7.91. The van der Waals surface area contributed by atoms with Crippen LogP contribution in [-0.2, 0) is 14.6 Å². The molecule has 42 heavy (non-hydrogen) atoms. The van der Waals surface area contributed by atoms with E-state index in [1.165, 1.54) is 36.4 Å². The van der Waals surface area contributed by atoms with E-state index >= 15 is 0 Å². The van der Waals surface area contributed by atoms with Gasteiger partial charge in [0.1, 0.15) is 11.8 Å². The SMILES string of the molecule is CC(C)N(C)[C@@H]1CCC(N2CC[C@H](NC(=O)c3cccc(OC(F)(F)F)c3)C2=O)[C@@H](CS(=O)(=O)c2ccc(Cl)cc2)C1. The summed E-state index contributed by atoms with van der Waals surface area (Å²) in [6.07, 6.45) is -2.64. The van der Waals surface area contributed by atoms with E-state index in [-0.39, 0.29) is 46.2 Å². The predicted octanol–water partition coefficient (Wildman–Crippen LogP) is 4.92. The first-order valence-electron chi connectivity index (χ1n) is 13.8. The molecule has 2 aliphatic rings. The van der Waals surface area contributed by atoms with Gasteiger partial charge in [0.15, 0.2) is 9.84 Å². The van der Waals surface area contributed by atoms with E-state index < -0.39 is 33.9 Å². The lowest BCUT2D eigenvalue weighted by molar-refractivity contribution is -0.274. The number of alkyl halides is 3. The second-order valence-electron chi connectivity index (χ2n) is 11.2. The van der Waals surface area contributed by atoms with E-state index in [1.807, 2.05) is 7.05 Å². The molecular weight excluding hydrogens is 595 g/mol. The van der Waals surface area contributed by atoms with Crippen molar-refractivity contribution in [2.75, 3.05) is 19.3 Å². The maximum absolute atomic E-state index is 13.5. The molecular formula is C29H35ClF3N3O5S. The summed E-state index contributed by atoms with van der Waals surface area (Å²) in [7, 11) is -1.67. The van der Waals surface area contributed by atoms with Crippen molar-refractivity contribution in [1.29, 1.82) is 0 Å². The van der Waals surface area contributed by atoms with Crippen LogP contribution >= 0.6 is 11.6 Å². The Morgan fingerprint density at radius 3 is 2.48 bits per heavy atom.